The highest BCUT2D eigenvalue weighted by Crippen LogP contribution is 2.23. The van der Waals surface area contributed by atoms with Gasteiger partial charge in [-0.3, -0.25) is 10.1 Å². The van der Waals surface area contributed by atoms with Gasteiger partial charge in [-0.15, -0.1) is 0 Å². The van der Waals surface area contributed by atoms with Crippen molar-refractivity contribution in [1.29, 1.82) is 0 Å². The van der Waals surface area contributed by atoms with E-state index < -0.39 is 0 Å². The third kappa shape index (κ3) is 5.31. The zero-order valence-corrected chi connectivity index (χ0v) is 16.1. The Balaban J connectivity index is 1.54. The average Bonchev–Trinajstić information content (AvgIpc) is 2.69. The minimum atomic E-state index is -0.348. The summed E-state index contributed by atoms with van der Waals surface area (Å²) in [6, 6.07) is 21.8. The number of anilines is 1. The molecular formula is C22H20N2O3S. The molecule has 1 amide bonds. The summed E-state index contributed by atoms with van der Waals surface area (Å²) in [4.78, 5) is 12.3. The lowest BCUT2D eigenvalue weighted by Gasteiger charge is -2.12. The first-order valence-electron chi connectivity index (χ1n) is 8.70. The van der Waals surface area contributed by atoms with Gasteiger partial charge in [0.2, 0.25) is 0 Å². The zero-order chi connectivity index (χ0) is 19.9. The summed E-state index contributed by atoms with van der Waals surface area (Å²) < 4.78 is 5.71. The first-order chi connectivity index (χ1) is 13.5. The second kappa shape index (κ2) is 9.01. The number of thiocarbonyl (C=S) groups is 1. The van der Waals surface area contributed by atoms with Crippen LogP contribution in [-0.2, 0) is 6.61 Å². The molecule has 0 radical (unpaired) electrons. The number of hydrogen-bond acceptors (Lipinski definition) is 4. The number of amides is 1. The molecule has 0 saturated carbocycles. The van der Waals surface area contributed by atoms with Gasteiger partial charge in [0, 0.05) is 5.56 Å². The minimum absolute atomic E-state index is 0.0662. The van der Waals surface area contributed by atoms with Crippen molar-refractivity contribution in [2.24, 2.45) is 0 Å². The van der Waals surface area contributed by atoms with Crippen LogP contribution in [0.5, 0.6) is 11.5 Å². The van der Waals surface area contributed by atoms with Crippen LogP contribution < -0.4 is 15.4 Å². The molecule has 0 atom stereocenters. The number of carbonyl (C=O) groups is 1. The van der Waals surface area contributed by atoms with E-state index in [1.807, 2.05) is 43.3 Å². The van der Waals surface area contributed by atoms with E-state index in [2.05, 4.69) is 10.6 Å². The Bertz CT molecular complexity index is 973. The Kier molecular flexibility index (Phi) is 6.24. The van der Waals surface area contributed by atoms with Crippen LogP contribution in [0, 0.1) is 6.92 Å². The molecule has 0 fully saturated rings. The van der Waals surface area contributed by atoms with Crippen molar-refractivity contribution in [2.75, 3.05) is 5.32 Å². The van der Waals surface area contributed by atoms with Gasteiger partial charge in [-0.1, -0.05) is 36.4 Å². The van der Waals surface area contributed by atoms with E-state index in [1.165, 1.54) is 0 Å². The van der Waals surface area contributed by atoms with Gasteiger partial charge in [0.1, 0.15) is 18.1 Å². The molecule has 0 spiro atoms. The fraction of sp³-hybridized carbons (Fsp3) is 0.0909. The Morgan fingerprint density at radius 1 is 1.04 bits per heavy atom. The van der Waals surface area contributed by atoms with Crippen LogP contribution in [0.3, 0.4) is 0 Å². The number of carbonyl (C=O) groups excluding carboxylic acids is 1. The molecule has 3 N–H and O–H groups in total. The van der Waals surface area contributed by atoms with Gasteiger partial charge in [0.05, 0.1) is 5.69 Å². The van der Waals surface area contributed by atoms with E-state index in [9.17, 15) is 9.90 Å². The fourth-order valence-electron chi connectivity index (χ4n) is 2.52. The Hall–Kier alpha value is -3.38. The smallest absolute Gasteiger partial charge is 0.257 e. The monoisotopic (exact) mass is 392 g/mol. The van der Waals surface area contributed by atoms with Crippen molar-refractivity contribution in [3.63, 3.8) is 0 Å². The van der Waals surface area contributed by atoms with Crippen LogP contribution >= 0.6 is 12.2 Å². The number of phenolic OH excluding ortho intramolecular Hbond substituents is 1. The van der Waals surface area contributed by atoms with Gasteiger partial charge in [0.25, 0.3) is 5.91 Å². The van der Waals surface area contributed by atoms with Crippen molar-refractivity contribution in [3.05, 3.63) is 89.5 Å². The molecule has 0 saturated heterocycles. The van der Waals surface area contributed by atoms with Gasteiger partial charge in [-0.25, -0.2) is 0 Å². The molecule has 3 rings (SSSR count). The van der Waals surface area contributed by atoms with Crippen molar-refractivity contribution < 1.29 is 14.6 Å². The second-order valence-corrected chi connectivity index (χ2v) is 6.64. The van der Waals surface area contributed by atoms with Gasteiger partial charge < -0.3 is 15.2 Å². The van der Waals surface area contributed by atoms with Crippen LogP contribution in [0.1, 0.15) is 21.5 Å². The number of nitrogens with one attached hydrogen (secondary N) is 2. The van der Waals surface area contributed by atoms with E-state index in [0.717, 1.165) is 11.1 Å². The quantitative estimate of drug-likeness (QED) is 0.443. The average molecular weight is 392 g/mol. The predicted octanol–water partition coefficient (Wildman–Crippen LogP) is 4.41. The molecule has 0 aliphatic heterocycles. The maximum absolute atomic E-state index is 12.3. The maximum Gasteiger partial charge on any atom is 0.257 e. The molecule has 0 aliphatic carbocycles. The topological polar surface area (TPSA) is 70.6 Å². The van der Waals surface area contributed by atoms with E-state index in [-0.39, 0.29) is 16.8 Å². The summed E-state index contributed by atoms with van der Waals surface area (Å²) in [5.74, 6) is 0.390. The fourth-order valence-corrected chi connectivity index (χ4v) is 2.72. The standard InChI is InChI=1S/C22H20N2O3S/c1-15-7-12-19(20(25)13-15)23-22(28)24-21(26)17-8-10-18(11-9-17)27-14-16-5-3-2-4-6-16/h2-13,25H,14H2,1H3,(H2,23,24,26,28). The predicted molar refractivity (Wildman–Crippen MR) is 114 cm³/mol. The summed E-state index contributed by atoms with van der Waals surface area (Å²) in [6.45, 7) is 2.33. The number of hydrogen-bond donors (Lipinski definition) is 3. The Labute approximate surface area is 169 Å². The minimum Gasteiger partial charge on any atom is -0.506 e. The Morgan fingerprint density at radius 3 is 2.43 bits per heavy atom. The van der Waals surface area contributed by atoms with Crippen LogP contribution in [0.2, 0.25) is 0 Å². The lowest BCUT2D eigenvalue weighted by atomic mass is 10.2. The number of rotatable bonds is 5. The highest BCUT2D eigenvalue weighted by molar-refractivity contribution is 7.80. The highest BCUT2D eigenvalue weighted by Gasteiger charge is 2.10. The molecule has 6 heteroatoms. The molecule has 3 aromatic rings. The van der Waals surface area contributed by atoms with Crippen molar-refractivity contribution in [1.82, 2.24) is 5.32 Å². The van der Waals surface area contributed by atoms with Crippen LogP contribution in [0.15, 0.2) is 72.8 Å². The van der Waals surface area contributed by atoms with Crippen molar-refractivity contribution in [3.8, 4) is 11.5 Å². The van der Waals surface area contributed by atoms with E-state index >= 15 is 0 Å². The largest absolute Gasteiger partial charge is 0.506 e. The number of benzene rings is 3. The van der Waals surface area contributed by atoms with Crippen LogP contribution in [0.4, 0.5) is 5.69 Å². The van der Waals surface area contributed by atoms with Crippen molar-refractivity contribution >= 4 is 28.9 Å². The summed E-state index contributed by atoms with van der Waals surface area (Å²) in [6.07, 6.45) is 0. The number of ether oxygens (including phenoxy) is 1. The maximum atomic E-state index is 12.3. The van der Waals surface area contributed by atoms with E-state index in [4.69, 9.17) is 17.0 Å². The first kappa shape index (κ1) is 19.4. The summed E-state index contributed by atoms with van der Waals surface area (Å²) in [7, 11) is 0. The molecule has 0 unspecified atom stereocenters. The highest BCUT2D eigenvalue weighted by atomic mass is 32.1. The molecule has 0 aromatic heterocycles. The molecule has 142 valence electrons. The molecule has 0 heterocycles. The van der Waals surface area contributed by atoms with Crippen molar-refractivity contribution in [2.45, 2.75) is 13.5 Å². The molecule has 28 heavy (non-hydrogen) atoms. The summed E-state index contributed by atoms with van der Waals surface area (Å²) >= 11 is 5.15. The number of aromatic hydroxyl groups is 1. The van der Waals surface area contributed by atoms with Crippen LogP contribution in [0.25, 0.3) is 0 Å². The lowest BCUT2D eigenvalue weighted by Crippen LogP contribution is -2.34. The molecule has 3 aromatic carbocycles. The van der Waals surface area contributed by atoms with E-state index in [1.54, 1.807) is 36.4 Å². The number of phenols is 1. The third-order valence-electron chi connectivity index (χ3n) is 3.99. The second-order valence-electron chi connectivity index (χ2n) is 6.23. The third-order valence-corrected chi connectivity index (χ3v) is 4.20. The SMILES string of the molecule is Cc1ccc(NC(=S)NC(=O)c2ccc(OCc3ccccc3)cc2)c(O)c1. The number of aryl methyl sites for hydroxylation is 1. The van der Waals surface area contributed by atoms with Gasteiger partial charge in [-0.2, -0.15) is 0 Å². The zero-order valence-electron chi connectivity index (χ0n) is 15.3. The van der Waals surface area contributed by atoms with Gasteiger partial charge in [-0.05, 0) is 66.7 Å². The first-order valence-corrected chi connectivity index (χ1v) is 9.11. The van der Waals surface area contributed by atoms with Crippen LogP contribution in [-0.4, -0.2) is 16.1 Å². The Morgan fingerprint density at radius 2 is 1.75 bits per heavy atom. The summed E-state index contributed by atoms with van der Waals surface area (Å²) in [5, 5.41) is 15.4. The molecular weight excluding hydrogens is 372 g/mol. The lowest BCUT2D eigenvalue weighted by molar-refractivity contribution is 0.0977. The van der Waals surface area contributed by atoms with Gasteiger partial charge >= 0.3 is 0 Å². The molecule has 0 bridgehead atoms. The van der Waals surface area contributed by atoms with E-state index in [0.29, 0.717) is 23.6 Å². The van der Waals surface area contributed by atoms with Gasteiger partial charge in [0.15, 0.2) is 5.11 Å². The summed E-state index contributed by atoms with van der Waals surface area (Å²) in [5.41, 5.74) is 2.87. The molecule has 0 aliphatic rings. The molecule has 5 nitrogen and oxygen atoms in total. The normalized spacial score (nSPS) is 10.2.